The molecule has 12 heteroatoms. The predicted molar refractivity (Wildman–Crippen MR) is 147 cm³/mol. The summed E-state index contributed by atoms with van der Waals surface area (Å²) in [6.07, 6.45) is 10.5. The molecular formula is C27H37FN6O4S. The minimum absolute atomic E-state index is 0.0543. The maximum absolute atomic E-state index is 14.0. The number of piperidine rings is 1. The van der Waals surface area contributed by atoms with Gasteiger partial charge in [-0.3, -0.25) is 0 Å². The summed E-state index contributed by atoms with van der Waals surface area (Å²) in [4.78, 5) is 28.2. The van der Waals surface area contributed by atoms with Crippen molar-refractivity contribution in [2.45, 2.75) is 50.6 Å². The van der Waals surface area contributed by atoms with E-state index in [-0.39, 0.29) is 11.6 Å². The first-order valence-corrected chi connectivity index (χ1v) is 15.5. The molecule has 1 aromatic heterocycles. The Labute approximate surface area is 229 Å². The molecule has 212 valence electrons. The van der Waals surface area contributed by atoms with E-state index in [1.165, 1.54) is 25.5 Å². The highest BCUT2D eigenvalue weighted by Crippen LogP contribution is 2.39. The molecule has 1 aliphatic carbocycles. The molecule has 1 saturated heterocycles. The van der Waals surface area contributed by atoms with E-state index in [1.54, 1.807) is 18.6 Å². The van der Waals surface area contributed by atoms with Crippen molar-refractivity contribution in [3.8, 4) is 0 Å². The van der Waals surface area contributed by atoms with E-state index in [2.05, 4.69) is 24.5 Å². The van der Waals surface area contributed by atoms with E-state index in [1.807, 2.05) is 4.90 Å². The molecule has 2 aliphatic heterocycles. The van der Waals surface area contributed by atoms with Crippen LogP contribution in [0.3, 0.4) is 0 Å². The predicted octanol–water partition coefficient (Wildman–Crippen LogP) is 2.93. The second-order valence-electron chi connectivity index (χ2n) is 10.9. The number of sulfonamides is 1. The van der Waals surface area contributed by atoms with Gasteiger partial charge in [-0.15, -0.1) is 0 Å². The first-order valence-electron chi connectivity index (χ1n) is 13.6. The Bertz CT molecular complexity index is 1290. The van der Waals surface area contributed by atoms with Crippen molar-refractivity contribution >= 4 is 33.2 Å². The standard InChI is InChI=1S/C27H37FN6O4S/c1-38-27(35)23-14-20(28)7-10-24(23)34-13-12-33(26-25(34)15-29-18-30-26)22-4-3-11-32(17-22)16-19-5-8-21(9-6-19)31-39(2,36)37/h7,10,14-15,18-19,21-22,31H,3-6,8-9,11-13,16-17H2,1-2H3/t19-,21-,22?. The number of halogens is 1. The van der Waals surface area contributed by atoms with Crippen LogP contribution in [-0.2, 0) is 14.8 Å². The fourth-order valence-electron chi connectivity index (χ4n) is 6.37. The molecule has 1 aromatic carbocycles. The van der Waals surface area contributed by atoms with Crippen LogP contribution in [0, 0.1) is 11.7 Å². The molecular weight excluding hydrogens is 523 g/mol. The second kappa shape index (κ2) is 11.7. The highest BCUT2D eigenvalue weighted by Gasteiger charge is 2.35. The minimum Gasteiger partial charge on any atom is -0.465 e. The van der Waals surface area contributed by atoms with Crippen LogP contribution >= 0.6 is 0 Å². The number of carbonyl (C=O) groups is 1. The lowest BCUT2D eigenvalue weighted by atomic mass is 9.85. The number of esters is 1. The average Bonchev–Trinajstić information content (AvgIpc) is 2.92. The topological polar surface area (TPSA) is 108 Å². The molecule has 3 heterocycles. The van der Waals surface area contributed by atoms with Gasteiger partial charge in [-0.1, -0.05) is 0 Å². The van der Waals surface area contributed by atoms with E-state index < -0.39 is 21.8 Å². The van der Waals surface area contributed by atoms with Crippen molar-refractivity contribution in [1.29, 1.82) is 0 Å². The monoisotopic (exact) mass is 560 g/mol. The Balaban J connectivity index is 1.28. The van der Waals surface area contributed by atoms with E-state index in [0.717, 1.165) is 69.7 Å². The largest absolute Gasteiger partial charge is 0.465 e. The smallest absolute Gasteiger partial charge is 0.340 e. The van der Waals surface area contributed by atoms with Crippen LogP contribution in [0.2, 0.25) is 0 Å². The van der Waals surface area contributed by atoms with Crippen LogP contribution in [0.1, 0.15) is 48.9 Å². The molecule has 10 nitrogen and oxygen atoms in total. The van der Waals surface area contributed by atoms with E-state index >= 15 is 0 Å². The van der Waals surface area contributed by atoms with Crippen molar-refractivity contribution < 1.29 is 22.3 Å². The van der Waals surface area contributed by atoms with Gasteiger partial charge in [0.05, 0.1) is 30.8 Å². The number of rotatable bonds is 7. The van der Waals surface area contributed by atoms with Gasteiger partial charge in [0.2, 0.25) is 10.0 Å². The fourth-order valence-corrected chi connectivity index (χ4v) is 7.21. The Morgan fingerprint density at radius 3 is 2.67 bits per heavy atom. The van der Waals surface area contributed by atoms with Gasteiger partial charge >= 0.3 is 5.97 Å². The number of hydrogen-bond donors (Lipinski definition) is 1. The van der Waals surface area contributed by atoms with Crippen molar-refractivity contribution in [3.63, 3.8) is 0 Å². The molecule has 1 N–H and O–H groups in total. The molecule has 39 heavy (non-hydrogen) atoms. The van der Waals surface area contributed by atoms with Crippen molar-refractivity contribution in [2.24, 2.45) is 5.92 Å². The third kappa shape index (κ3) is 6.50. The van der Waals surface area contributed by atoms with Gasteiger partial charge in [0.25, 0.3) is 0 Å². The molecule has 0 spiro atoms. The van der Waals surface area contributed by atoms with Crippen LogP contribution < -0.4 is 14.5 Å². The van der Waals surface area contributed by atoms with Gasteiger partial charge in [-0.05, 0) is 69.2 Å². The second-order valence-corrected chi connectivity index (χ2v) is 12.7. The summed E-state index contributed by atoms with van der Waals surface area (Å²) in [5.41, 5.74) is 1.53. The number of hydrogen-bond acceptors (Lipinski definition) is 9. The number of anilines is 3. The highest BCUT2D eigenvalue weighted by atomic mass is 32.2. The van der Waals surface area contributed by atoms with Gasteiger partial charge < -0.3 is 19.4 Å². The van der Waals surface area contributed by atoms with Gasteiger partial charge in [0.1, 0.15) is 17.8 Å². The zero-order valence-corrected chi connectivity index (χ0v) is 23.4. The SMILES string of the molecule is COC(=O)c1cc(F)ccc1N1CCN(C2CCCN(C[C@H]3CC[C@H](NS(C)(=O)=O)CC3)C2)c2ncncc21. The van der Waals surface area contributed by atoms with Crippen LogP contribution in [0.25, 0.3) is 0 Å². The molecule has 2 aromatic rings. The lowest BCUT2D eigenvalue weighted by molar-refractivity contribution is 0.0601. The van der Waals surface area contributed by atoms with Crippen molar-refractivity contribution in [3.05, 3.63) is 42.1 Å². The summed E-state index contributed by atoms with van der Waals surface area (Å²) in [6, 6.07) is 4.52. The van der Waals surface area contributed by atoms with Crippen molar-refractivity contribution in [1.82, 2.24) is 19.6 Å². The van der Waals surface area contributed by atoms with Crippen LogP contribution in [0.15, 0.2) is 30.7 Å². The number of benzene rings is 1. The average molecular weight is 561 g/mol. The lowest BCUT2D eigenvalue weighted by Crippen LogP contribution is -2.53. The molecule has 1 saturated carbocycles. The number of aromatic nitrogens is 2. The third-order valence-electron chi connectivity index (χ3n) is 8.12. The normalized spacial score (nSPS) is 24.3. The number of fused-ring (bicyclic) bond motifs is 1. The minimum atomic E-state index is -3.16. The zero-order chi connectivity index (χ0) is 27.6. The first kappa shape index (κ1) is 27.7. The summed E-state index contributed by atoms with van der Waals surface area (Å²) in [7, 11) is -1.87. The summed E-state index contributed by atoms with van der Waals surface area (Å²) < 4.78 is 44.8. The number of ether oxygens (including phenoxy) is 1. The number of nitrogens with one attached hydrogen (secondary N) is 1. The van der Waals surface area contributed by atoms with E-state index in [4.69, 9.17) is 4.74 Å². The summed E-state index contributed by atoms with van der Waals surface area (Å²) in [5.74, 6) is 0.304. The number of methoxy groups -OCH3 is 1. The molecule has 0 bridgehead atoms. The van der Waals surface area contributed by atoms with Gasteiger partial charge in [-0.25, -0.2) is 32.3 Å². The van der Waals surface area contributed by atoms with Gasteiger partial charge in [-0.2, -0.15) is 0 Å². The van der Waals surface area contributed by atoms with E-state index in [9.17, 15) is 17.6 Å². The Morgan fingerprint density at radius 2 is 1.92 bits per heavy atom. The zero-order valence-electron chi connectivity index (χ0n) is 22.6. The van der Waals surface area contributed by atoms with Crippen LogP contribution in [-0.4, -0.2) is 87.4 Å². The Morgan fingerprint density at radius 1 is 1.13 bits per heavy atom. The molecule has 1 atom stereocenters. The van der Waals surface area contributed by atoms with E-state index in [0.29, 0.717) is 30.7 Å². The fraction of sp³-hybridized carbons (Fsp3) is 0.593. The highest BCUT2D eigenvalue weighted by molar-refractivity contribution is 7.88. The molecule has 1 unspecified atom stereocenters. The summed E-state index contributed by atoms with van der Waals surface area (Å²) in [6.45, 7) is 4.34. The molecule has 3 aliphatic rings. The Hall–Kier alpha value is -2.83. The van der Waals surface area contributed by atoms with Crippen LogP contribution in [0.4, 0.5) is 21.6 Å². The molecule has 0 amide bonds. The molecule has 2 fully saturated rings. The number of nitrogens with zero attached hydrogens (tertiary/aromatic N) is 5. The Kier molecular flexibility index (Phi) is 8.34. The van der Waals surface area contributed by atoms with Crippen LogP contribution in [0.5, 0.6) is 0 Å². The third-order valence-corrected chi connectivity index (χ3v) is 8.88. The molecule has 0 radical (unpaired) electrons. The van der Waals surface area contributed by atoms with Gasteiger partial charge in [0.15, 0.2) is 5.82 Å². The number of carbonyl (C=O) groups excluding carboxylic acids is 1. The lowest BCUT2D eigenvalue weighted by Gasteiger charge is -2.45. The van der Waals surface area contributed by atoms with Crippen molar-refractivity contribution in [2.75, 3.05) is 55.9 Å². The first-order chi connectivity index (χ1) is 18.7. The maximum Gasteiger partial charge on any atom is 0.340 e. The summed E-state index contributed by atoms with van der Waals surface area (Å²) in [5, 5.41) is 0. The number of likely N-dealkylation sites (tertiary alicyclic amines) is 1. The molecule has 5 rings (SSSR count). The summed E-state index contributed by atoms with van der Waals surface area (Å²) >= 11 is 0. The van der Waals surface area contributed by atoms with Gasteiger partial charge in [0, 0.05) is 38.3 Å². The quantitative estimate of drug-likeness (QED) is 0.512. The maximum atomic E-state index is 14.0.